The van der Waals surface area contributed by atoms with Crippen molar-refractivity contribution in [3.8, 4) is 0 Å². The van der Waals surface area contributed by atoms with Gasteiger partial charge in [-0.05, 0) is 42.7 Å². The predicted octanol–water partition coefficient (Wildman–Crippen LogP) is 2.75. The highest BCUT2D eigenvalue weighted by atomic mass is 16.5. The fourth-order valence-electron chi connectivity index (χ4n) is 3.47. The summed E-state index contributed by atoms with van der Waals surface area (Å²) in [6.45, 7) is 4.35. The van der Waals surface area contributed by atoms with Gasteiger partial charge in [-0.1, -0.05) is 38.1 Å². The number of benzene rings is 1. The van der Waals surface area contributed by atoms with Crippen LogP contribution in [0.5, 0.6) is 0 Å². The first-order valence-electron chi connectivity index (χ1n) is 7.29. The summed E-state index contributed by atoms with van der Waals surface area (Å²) in [7, 11) is 1.80. The van der Waals surface area contributed by atoms with Gasteiger partial charge < -0.3 is 4.74 Å². The van der Waals surface area contributed by atoms with E-state index in [0.717, 1.165) is 19.3 Å². The Morgan fingerprint density at radius 1 is 1.37 bits per heavy atom. The van der Waals surface area contributed by atoms with Gasteiger partial charge in [0.25, 0.3) is 0 Å². The van der Waals surface area contributed by atoms with Crippen molar-refractivity contribution in [1.29, 1.82) is 0 Å². The summed E-state index contributed by atoms with van der Waals surface area (Å²) in [6, 6.07) is 8.90. The third kappa shape index (κ3) is 2.55. The highest BCUT2D eigenvalue weighted by Gasteiger charge is 2.38. The van der Waals surface area contributed by atoms with E-state index >= 15 is 0 Å². The minimum Gasteiger partial charge on any atom is -0.377 e. The monoisotopic (exact) mass is 262 g/mol. The maximum atomic E-state index is 5.80. The normalized spacial score (nSPS) is 19.7. The Balaban J connectivity index is 2.09. The Hall–Kier alpha value is -0.900. The molecule has 19 heavy (non-hydrogen) atoms. The number of hydrogen-bond acceptors (Lipinski definition) is 3. The molecule has 1 aromatic carbocycles. The van der Waals surface area contributed by atoms with E-state index in [1.54, 1.807) is 7.11 Å². The molecule has 3 N–H and O–H groups in total. The van der Waals surface area contributed by atoms with Crippen LogP contribution in [-0.2, 0) is 11.2 Å². The standard InChI is InChI=1S/C16H26N2O/c1-4-16(5-2,19-3)15(18-17)11-13-10-12-8-6-7-9-14(12)13/h6-9,13,15,18H,4-5,10-11,17H2,1-3H3. The molecule has 2 atom stereocenters. The predicted molar refractivity (Wildman–Crippen MR) is 78.9 cm³/mol. The molecule has 0 heterocycles. The highest BCUT2D eigenvalue weighted by Crippen LogP contribution is 2.40. The van der Waals surface area contributed by atoms with Gasteiger partial charge in [-0.2, -0.15) is 0 Å². The van der Waals surface area contributed by atoms with Crippen molar-refractivity contribution in [3.63, 3.8) is 0 Å². The molecule has 0 amide bonds. The van der Waals surface area contributed by atoms with Gasteiger partial charge in [0.15, 0.2) is 0 Å². The van der Waals surface area contributed by atoms with Crippen molar-refractivity contribution in [3.05, 3.63) is 35.4 Å². The summed E-state index contributed by atoms with van der Waals surface area (Å²) < 4.78 is 5.80. The Kier molecular flexibility index (Phi) is 4.61. The summed E-state index contributed by atoms with van der Waals surface area (Å²) in [5.41, 5.74) is 5.82. The van der Waals surface area contributed by atoms with Crippen LogP contribution in [0.2, 0.25) is 0 Å². The van der Waals surface area contributed by atoms with Gasteiger partial charge in [-0.25, -0.2) is 0 Å². The molecular formula is C16H26N2O. The van der Waals surface area contributed by atoms with Crippen LogP contribution in [0.4, 0.5) is 0 Å². The van der Waals surface area contributed by atoms with Crippen molar-refractivity contribution < 1.29 is 4.74 Å². The minimum absolute atomic E-state index is 0.153. The van der Waals surface area contributed by atoms with E-state index in [4.69, 9.17) is 10.6 Å². The topological polar surface area (TPSA) is 47.3 Å². The largest absolute Gasteiger partial charge is 0.377 e. The lowest BCUT2D eigenvalue weighted by Gasteiger charge is -2.42. The number of nitrogens with two attached hydrogens (primary N) is 1. The summed E-state index contributed by atoms with van der Waals surface area (Å²) >= 11 is 0. The molecule has 2 unspecified atom stereocenters. The van der Waals surface area contributed by atoms with Gasteiger partial charge in [-0.15, -0.1) is 0 Å². The molecule has 3 nitrogen and oxygen atoms in total. The maximum Gasteiger partial charge on any atom is 0.0839 e. The third-order valence-electron chi connectivity index (χ3n) is 4.92. The first kappa shape index (κ1) is 14.5. The molecule has 1 aliphatic rings. The molecule has 2 rings (SSSR count). The average Bonchev–Trinajstić information content (AvgIpc) is 2.44. The summed E-state index contributed by atoms with van der Waals surface area (Å²) in [5.74, 6) is 6.42. The second-order valence-electron chi connectivity index (χ2n) is 5.53. The molecule has 0 bridgehead atoms. The number of hydrazine groups is 1. The Bertz CT molecular complexity index is 407. The molecule has 0 saturated heterocycles. The van der Waals surface area contributed by atoms with E-state index < -0.39 is 0 Å². The van der Waals surface area contributed by atoms with Crippen molar-refractivity contribution >= 4 is 0 Å². The van der Waals surface area contributed by atoms with Gasteiger partial charge in [0, 0.05) is 7.11 Å². The Morgan fingerprint density at radius 2 is 2.05 bits per heavy atom. The summed E-state index contributed by atoms with van der Waals surface area (Å²) in [5, 5.41) is 0. The van der Waals surface area contributed by atoms with Crippen molar-refractivity contribution in [2.24, 2.45) is 5.84 Å². The highest BCUT2D eigenvalue weighted by molar-refractivity contribution is 5.40. The van der Waals surface area contributed by atoms with Crippen molar-refractivity contribution in [2.45, 2.75) is 57.1 Å². The van der Waals surface area contributed by atoms with E-state index in [-0.39, 0.29) is 11.6 Å². The summed E-state index contributed by atoms with van der Waals surface area (Å²) in [6.07, 6.45) is 4.16. The molecule has 0 saturated carbocycles. The molecule has 1 aliphatic carbocycles. The number of ether oxygens (including phenoxy) is 1. The van der Waals surface area contributed by atoms with E-state index in [1.165, 1.54) is 17.5 Å². The molecule has 0 radical (unpaired) electrons. The number of methoxy groups -OCH3 is 1. The lowest BCUT2D eigenvalue weighted by Crippen LogP contribution is -2.55. The second kappa shape index (κ2) is 6.04. The lowest BCUT2D eigenvalue weighted by molar-refractivity contribution is -0.0515. The van der Waals surface area contributed by atoms with Crippen LogP contribution in [-0.4, -0.2) is 18.8 Å². The maximum absolute atomic E-state index is 5.80. The molecule has 0 aromatic heterocycles. The minimum atomic E-state index is -0.153. The molecule has 1 aromatic rings. The van der Waals surface area contributed by atoms with Crippen LogP contribution >= 0.6 is 0 Å². The van der Waals surface area contributed by atoms with Crippen LogP contribution in [0.15, 0.2) is 24.3 Å². The van der Waals surface area contributed by atoms with Gasteiger partial charge in [0.05, 0.1) is 11.6 Å². The number of hydrogen-bond donors (Lipinski definition) is 2. The number of rotatable bonds is 7. The average molecular weight is 262 g/mol. The van der Waals surface area contributed by atoms with Crippen LogP contribution in [0, 0.1) is 0 Å². The van der Waals surface area contributed by atoms with Gasteiger partial charge >= 0.3 is 0 Å². The van der Waals surface area contributed by atoms with Crippen LogP contribution in [0.25, 0.3) is 0 Å². The fraction of sp³-hybridized carbons (Fsp3) is 0.625. The molecule has 0 fully saturated rings. The van der Waals surface area contributed by atoms with Gasteiger partial charge in [0.1, 0.15) is 0 Å². The molecular weight excluding hydrogens is 236 g/mol. The Morgan fingerprint density at radius 3 is 2.58 bits per heavy atom. The van der Waals surface area contributed by atoms with E-state index in [0.29, 0.717) is 5.92 Å². The molecule has 0 aliphatic heterocycles. The third-order valence-corrected chi connectivity index (χ3v) is 4.92. The van der Waals surface area contributed by atoms with Crippen LogP contribution in [0.3, 0.4) is 0 Å². The van der Waals surface area contributed by atoms with Crippen molar-refractivity contribution in [1.82, 2.24) is 5.43 Å². The van der Waals surface area contributed by atoms with E-state index in [1.807, 2.05) is 0 Å². The molecule has 3 heteroatoms. The lowest BCUT2D eigenvalue weighted by atomic mass is 9.71. The second-order valence-corrected chi connectivity index (χ2v) is 5.53. The quantitative estimate of drug-likeness (QED) is 0.587. The first-order valence-corrected chi connectivity index (χ1v) is 7.29. The smallest absolute Gasteiger partial charge is 0.0839 e. The van der Waals surface area contributed by atoms with E-state index in [2.05, 4.69) is 43.5 Å². The zero-order chi connectivity index (χ0) is 13.9. The zero-order valence-electron chi connectivity index (χ0n) is 12.3. The number of fused-ring (bicyclic) bond motifs is 1. The molecule has 0 spiro atoms. The van der Waals surface area contributed by atoms with Crippen LogP contribution < -0.4 is 11.3 Å². The number of nitrogens with one attached hydrogen (secondary N) is 1. The molecule has 106 valence electrons. The fourth-order valence-corrected chi connectivity index (χ4v) is 3.47. The summed E-state index contributed by atoms with van der Waals surface area (Å²) in [4.78, 5) is 0. The van der Waals surface area contributed by atoms with Crippen LogP contribution in [0.1, 0.15) is 50.2 Å². The first-order chi connectivity index (χ1) is 9.20. The van der Waals surface area contributed by atoms with Crippen molar-refractivity contribution in [2.75, 3.05) is 7.11 Å². The van der Waals surface area contributed by atoms with Gasteiger partial charge in [0.2, 0.25) is 0 Å². The van der Waals surface area contributed by atoms with E-state index in [9.17, 15) is 0 Å². The zero-order valence-corrected chi connectivity index (χ0v) is 12.3. The SMILES string of the molecule is CCC(CC)(OC)C(CC1Cc2ccccc21)NN. The Labute approximate surface area is 116 Å². The van der Waals surface area contributed by atoms with Gasteiger partial charge in [-0.3, -0.25) is 11.3 Å².